The number of thiazole rings is 1. The summed E-state index contributed by atoms with van der Waals surface area (Å²) in [4.78, 5) is 4.66. The van der Waals surface area contributed by atoms with Crippen LogP contribution in [0.4, 0.5) is 0 Å². The summed E-state index contributed by atoms with van der Waals surface area (Å²) in [6.07, 6.45) is 5.94. The van der Waals surface area contributed by atoms with Crippen molar-refractivity contribution in [1.82, 2.24) is 10.3 Å². The van der Waals surface area contributed by atoms with Gasteiger partial charge in [0, 0.05) is 30.1 Å². The highest BCUT2D eigenvalue weighted by molar-refractivity contribution is 7.09. The molecule has 0 amide bonds. The molecule has 0 saturated heterocycles. The first kappa shape index (κ1) is 16.9. The van der Waals surface area contributed by atoms with Crippen molar-refractivity contribution < 1.29 is 4.74 Å². The van der Waals surface area contributed by atoms with Gasteiger partial charge in [-0.05, 0) is 39.2 Å². The minimum absolute atomic E-state index is 0.0119. The molecule has 1 saturated carbocycles. The van der Waals surface area contributed by atoms with Gasteiger partial charge in [-0.1, -0.05) is 26.7 Å². The molecule has 0 radical (unpaired) electrons. The summed E-state index contributed by atoms with van der Waals surface area (Å²) in [5, 5.41) is 7.08. The fourth-order valence-electron chi connectivity index (χ4n) is 3.74. The topological polar surface area (TPSA) is 34.2 Å². The Kier molecular flexibility index (Phi) is 6.20. The van der Waals surface area contributed by atoms with Gasteiger partial charge in [0.15, 0.2) is 0 Å². The Balaban J connectivity index is 2.18. The molecule has 3 nitrogen and oxygen atoms in total. The summed E-state index contributed by atoms with van der Waals surface area (Å²) in [7, 11) is 0. The van der Waals surface area contributed by atoms with Crippen LogP contribution in [-0.4, -0.2) is 29.8 Å². The van der Waals surface area contributed by atoms with Gasteiger partial charge < -0.3 is 10.1 Å². The summed E-state index contributed by atoms with van der Waals surface area (Å²) in [6.45, 7) is 10.5. The molecule has 0 spiro atoms. The number of ether oxygens (including phenoxy) is 1. The molecule has 21 heavy (non-hydrogen) atoms. The molecule has 1 N–H and O–H groups in total. The standard InChI is InChI=1S/C17H30N2OS/c1-5-18-15(10-16-19-14(4)12-21-16)17(20-6-2)9-7-8-13(3)11-17/h12-13,15,18H,5-11H2,1-4H3. The maximum Gasteiger partial charge on any atom is 0.0944 e. The lowest BCUT2D eigenvalue weighted by molar-refractivity contribution is -0.0998. The highest BCUT2D eigenvalue weighted by Gasteiger charge is 2.42. The second kappa shape index (κ2) is 7.70. The maximum atomic E-state index is 6.35. The minimum Gasteiger partial charge on any atom is -0.374 e. The summed E-state index contributed by atoms with van der Waals surface area (Å²) in [5.74, 6) is 0.754. The SMILES string of the molecule is CCNC(Cc1nc(C)cs1)C1(OCC)CCCC(C)C1. The Morgan fingerprint density at radius 2 is 2.33 bits per heavy atom. The van der Waals surface area contributed by atoms with Gasteiger partial charge in [-0.2, -0.15) is 0 Å². The molecule has 1 heterocycles. The zero-order valence-electron chi connectivity index (χ0n) is 13.9. The van der Waals surface area contributed by atoms with Crippen LogP contribution < -0.4 is 5.32 Å². The predicted molar refractivity (Wildman–Crippen MR) is 90.0 cm³/mol. The molecule has 0 aliphatic heterocycles. The van der Waals surface area contributed by atoms with Crippen molar-refractivity contribution in [3.8, 4) is 0 Å². The van der Waals surface area contributed by atoms with Crippen LogP contribution in [0.2, 0.25) is 0 Å². The predicted octanol–water partition coefficient (Wildman–Crippen LogP) is 3.96. The van der Waals surface area contributed by atoms with Gasteiger partial charge in [-0.15, -0.1) is 11.3 Å². The number of rotatable bonds is 7. The van der Waals surface area contributed by atoms with Gasteiger partial charge >= 0.3 is 0 Å². The number of aromatic nitrogens is 1. The van der Waals surface area contributed by atoms with E-state index < -0.39 is 0 Å². The lowest BCUT2D eigenvalue weighted by Crippen LogP contribution is -2.56. The van der Waals surface area contributed by atoms with E-state index in [1.54, 1.807) is 11.3 Å². The fraction of sp³-hybridized carbons (Fsp3) is 0.824. The van der Waals surface area contributed by atoms with Gasteiger partial charge in [0.1, 0.15) is 0 Å². The lowest BCUT2D eigenvalue weighted by atomic mass is 9.73. The second-order valence-corrected chi connectivity index (χ2v) is 7.34. The van der Waals surface area contributed by atoms with Crippen molar-refractivity contribution >= 4 is 11.3 Å². The molecular formula is C17H30N2OS. The van der Waals surface area contributed by atoms with E-state index in [4.69, 9.17) is 4.74 Å². The van der Waals surface area contributed by atoms with Gasteiger partial charge in [0.25, 0.3) is 0 Å². The largest absolute Gasteiger partial charge is 0.374 e. The number of likely N-dealkylation sites (N-methyl/N-ethyl adjacent to an activating group) is 1. The third kappa shape index (κ3) is 4.27. The quantitative estimate of drug-likeness (QED) is 0.828. The van der Waals surface area contributed by atoms with Crippen LogP contribution in [0.1, 0.15) is 57.2 Å². The average Bonchev–Trinajstić information content (AvgIpc) is 2.84. The molecule has 4 heteroatoms. The summed E-state index contributed by atoms with van der Waals surface area (Å²) in [5.41, 5.74) is 1.12. The molecular weight excluding hydrogens is 280 g/mol. The molecule has 1 aliphatic carbocycles. The normalized spacial score (nSPS) is 27.7. The highest BCUT2D eigenvalue weighted by Crippen LogP contribution is 2.39. The molecule has 3 unspecified atom stereocenters. The molecule has 1 aromatic heterocycles. The Morgan fingerprint density at radius 3 is 2.90 bits per heavy atom. The number of nitrogens with one attached hydrogen (secondary N) is 1. The molecule has 3 atom stereocenters. The van der Waals surface area contributed by atoms with Gasteiger partial charge in [-0.25, -0.2) is 4.98 Å². The van der Waals surface area contributed by atoms with E-state index in [1.165, 1.54) is 30.7 Å². The fourth-order valence-corrected chi connectivity index (χ4v) is 4.56. The van der Waals surface area contributed by atoms with E-state index in [9.17, 15) is 0 Å². The van der Waals surface area contributed by atoms with Gasteiger partial charge in [0.2, 0.25) is 0 Å². The highest BCUT2D eigenvalue weighted by atomic mass is 32.1. The number of aryl methyl sites for hydroxylation is 1. The Bertz CT molecular complexity index is 430. The number of hydrogen-bond donors (Lipinski definition) is 1. The van der Waals surface area contributed by atoms with Crippen LogP contribution in [-0.2, 0) is 11.2 Å². The zero-order valence-corrected chi connectivity index (χ0v) is 14.8. The summed E-state index contributed by atoms with van der Waals surface area (Å²) in [6, 6.07) is 0.371. The molecule has 0 aromatic carbocycles. The third-order valence-corrected chi connectivity index (χ3v) is 5.54. The van der Waals surface area contributed by atoms with Crippen LogP contribution >= 0.6 is 11.3 Å². The average molecular weight is 311 g/mol. The Morgan fingerprint density at radius 1 is 1.52 bits per heavy atom. The second-order valence-electron chi connectivity index (χ2n) is 6.40. The van der Waals surface area contributed by atoms with Crippen LogP contribution in [0.15, 0.2) is 5.38 Å². The summed E-state index contributed by atoms with van der Waals surface area (Å²) < 4.78 is 6.35. The maximum absolute atomic E-state index is 6.35. The first-order chi connectivity index (χ1) is 10.1. The molecule has 120 valence electrons. The van der Waals surface area contributed by atoms with Crippen molar-refractivity contribution in [2.75, 3.05) is 13.2 Å². The van der Waals surface area contributed by atoms with Crippen molar-refractivity contribution in [3.05, 3.63) is 16.1 Å². The lowest BCUT2D eigenvalue weighted by Gasteiger charge is -2.45. The van der Waals surface area contributed by atoms with E-state index in [-0.39, 0.29) is 5.60 Å². The van der Waals surface area contributed by atoms with Crippen molar-refractivity contribution in [2.24, 2.45) is 5.92 Å². The molecule has 1 fully saturated rings. The smallest absolute Gasteiger partial charge is 0.0944 e. The third-order valence-electron chi connectivity index (χ3n) is 4.55. The van der Waals surface area contributed by atoms with Crippen molar-refractivity contribution in [2.45, 2.75) is 71.4 Å². The van der Waals surface area contributed by atoms with E-state index in [2.05, 4.69) is 43.4 Å². The molecule has 0 bridgehead atoms. The van der Waals surface area contributed by atoms with E-state index >= 15 is 0 Å². The van der Waals surface area contributed by atoms with Crippen molar-refractivity contribution in [1.29, 1.82) is 0 Å². The van der Waals surface area contributed by atoms with Gasteiger partial charge in [-0.3, -0.25) is 0 Å². The van der Waals surface area contributed by atoms with Crippen LogP contribution in [0.5, 0.6) is 0 Å². The molecule has 2 rings (SSSR count). The van der Waals surface area contributed by atoms with E-state index in [1.807, 2.05) is 0 Å². The van der Waals surface area contributed by atoms with E-state index in [0.29, 0.717) is 6.04 Å². The molecule has 1 aliphatic rings. The van der Waals surface area contributed by atoms with Crippen LogP contribution in [0.3, 0.4) is 0 Å². The van der Waals surface area contributed by atoms with Gasteiger partial charge in [0.05, 0.1) is 10.6 Å². The van der Waals surface area contributed by atoms with E-state index in [0.717, 1.165) is 31.2 Å². The van der Waals surface area contributed by atoms with Crippen LogP contribution in [0.25, 0.3) is 0 Å². The van der Waals surface area contributed by atoms with Crippen molar-refractivity contribution in [3.63, 3.8) is 0 Å². The van der Waals surface area contributed by atoms with Crippen LogP contribution in [0, 0.1) is 12.8 Å². The molecule has 1 aromatic rings. The monoisotopic (exact) mass is 310 g/mol. The zero-order chi connectivity index (χ0) is 15.3. The Hall–Kier alpha value is -0.450. The first-order valence-electron chi connectivity index (χ1n) is 8.38. The summed E-state index contributed by atoms with van der Waals surface area (Å²) >= 11 is 1.78. The number of hydrogen-bond acceptors (Lipinski definition) is 4. The first-order valence-corrected chi connectivity index (χ1v) is 9.26. The number of nitrogens with zero attached hydrogens (tertiary/aromatic N) is 1. The minimum atomic E-state index is -0.0119. The Labute approximate surface area is 133 Å².